The van der Waals surface area contributed by atoms with Gasteiger partial charge < -0.3 is 18.9 Å². The molecule has 0 spiro atoms. The summed E-state index contributed by atoms with van der Waals surface area (Å²) in [5.41, 5.74) is -2.47. The molecule has 1 aromatic carbocycles. The zero-order chi connectivity index (χ0) is 23.4. The van der Waals surface area contributed by atoms with Crippen molar-refractivity contribution in [2.45, 2.75) is 31.8 Å². The van der Waals surface area contributed by atoms with Gasteiger partial charge in [-0.3, -0.25) is 29.3 Å². The number of rotatable bonds is 6. The van der Waals surface area contributed by atoms with Gasteiger partial charge in [-0.25, -0.2) is 4.90 Å². The first kappa shape index (κ1) is 21.4. The fourth-order valence-corrected chi connectivity index (χ4v) is 4.42. The highest BCUT2D eigenvalue weighted by atomic mass is 16.7. The number of carbonyl (C=O) groups excluding carboxylic acids is 4. The minimum atomic E-state index is -1.74. The van der Waals surface area contributed by atoms with Crippen LogP contribution in [0, 0.1) is 22.0 Å². The number of hydrogen-bond donors (Lipinski definition) is 0. The molecule has 0 aromatic heterocycles. The third kappa shape index (κ3) is 3.02. The lowest BCUT2D eigenvalue weighted by Gasteiger charge is -2.34. The van der Waals surface area contributed by atoms with E-state index in [1.165, 1.54) is 31.4 Å². The van der Waals surface area contributed by atoms with E-state index in [1.807, 2.05) is 0 Å². The van der Waals surface area contributed by atoms with E-state index in [2.05, 4.69) is 0 Å². The van der Waals surface area contributed by atoms with E-state index < -0.39 is 64.2 Å². The van der Waals surface area contributed by atoms with Gasteiger partial charge >= 0.3 is 11.9 Å². The number of nitrogens with zero attached hydrogens (tertiary/aromatic N) is 2. The molecule has 4 rings (SSSR count). The van der Waals surface area contributed by atoms with E-state index >= 15 is 0 Å². The average Bonchev–Trinajstić information content (AvgIpc) is 3.37. The van der Waals surface area contributed by atoms with Crippen LogP contribution < -0.4 is 9.64 Å². The number of carbonyl (C=O) groups is 4. The molecule has 2 fully saturated rings. The van der Waals surface area contributed by atoms with Crippen molar-refractivity contribution in [2.75, 3.05) is 12.0 Å². The number of methoxy groups -OCH3 is 1. The van der Waals surface area contributed by atoms with Gasteiger partial charge in [-0.2, -0.15) is 0 Å². The minimum Gasteiger partial charge on any atom is -0.496 e. The van der Waals surface area contributed by atoms with Gasteiger partial charge in [-0.05, 0) is 18.2 Å². The molecular formula is C20H18N2O10. The molecule has 2 amide bonds. The Kier molecular flexibility index (Phi) is 4.96. The van der Waals surface area contributed by atoms with Crippen LogP contribution in [0.2, 0.25) is 0 Å². The van der Waals surface area contributed by atoms with Crippen molar-refractivity contribution < 1.29 is 43.0 Å². The van der Waals surface area contributed by atoms with Gasteiger partial charge in [0.25, 0.3) is 12.0 Å². The van der Waals surface area contributed by atoms with E-state index in [-0.39, 0.29) is 11.4 Å². The second-order valence-corrected chi connectivity index (χ2v) is 7.47. The highest BCUT2D eigenvalue weighted by Crippen LogP contribution is 2.55. The van der Waals surface area contributed by atoms with Crippen molar-refractivity contribution in [1.29, 1.82) is 0 Å². The van der Waals surface area contributed by atoms with Crippen LogP contribution in [0.25, 0.3) is 0 Å². The second kappa shape index (κ2) is 7.41. The SMILES string of the molecule is COc1ccc(N2C(=O)C3C4C=CC(C(OC(C)=O)OC(C)=O)(O4)C3C2=O)c([N+](=O)[O-])c1. The molecule has 0 saturated carbocycles. The number of anilines is 1. The molecule has 12 nitrogen and oxygen atoms in total. The lowest BCUT2D eigenvalue weighted by molar-refractivity contribution is -0.384. The van der Waals surface area contributed by atoms with Crippen molar-refractivity contribution in [3.8, 4) is 5.75 Å². The molecule has 1 aromatic rings. The smallest absolute Gasteiger partial charge is 0.305 e. The summed E-state index contributed by atoms with van der Waals surface area (Å²) in [5, 5.41) is 11.6. The Balaban J connectivity index is 1.78. The summed E-state index contributed by atoms with van der Waals surface area (Å²) in [4.78, 5) is 61.6. The Morgan fingerprint density at radius 1 is 1.19 bits per heavy atom. The van der Waals surface area contributed by atoms with Crippen LogP contribution in [0.15, 0.2) is 30.4 Å². The first-order chi connectivity index (χ1) is 15.1. The number of benzene rings is 1. The zero-order valence-electron chi connectivity index (χ0n) is 17.2. The third-order valence-electron chi connectivity index (χ3n) is 5.61. The van der Waals surface area contributed by atoms with Crippen LogP contribution in [0.3, 0.4) is 0 Å². The lowest BCUT2D eigenvalue weighted by Crippen LogP contribution is -2.52. The number of nitro benzene ring substituents is 1. The molecule has 168 valence electrons. The monoisotopic (exact) mass is 446 g/mol. The lowest BCUT2D eigenvalue weighted by atomic mass is 9.76. The van der Waals surface area contributed by atoms with Gasteiger partial charge in [0.1, 0.15) is 11.4 Å². The maximum Gasteiger partial charge on any atom is 0.305 e. The number of ether oxygens (including phenoxy) is 4. The quantitative estimate of drug-likeness (QED) is 0.154. The van der Waals surface area contributed by atoms with Crippen LogP contribution in [0.1, 0.15) is 13.8 Å². The molecule has 3 aliphatic rings. The van der Waals surface area contributed by atoms with Crippen molar-refractivity contribution in [3.63, 3.8) is 0 Å². The molecule has 3 heterocycles. The van der Waals surface area contributed by atoms with Crippen LogP contribution in [0.4, 0.5) is 11.4 Å². The fraction of sp³-hybridized carbons (Fsp3) is 0.400. The summed E-state index contributed by atoms with van der Waals surface area (Å²) in [7, 11) is 1.32. The van der Waals surface area contributed by atoms with Gasteiger partial charge in [0, 0.05) is 13.8 Å². The number of esters is 2. The van der Waals surface area contributed by atoms with E-state index in [0.717, 1.165) is 24.8 Å². The Morgan fingerprint density at radius 3 is 2.41 bits per heavy atom. The van der Waals surface area contributed by atoms with Crippen molar-refractivity contribution in [3.05, 3.63) is 40.5 Å². The number of imide groups is 1. The maximum atomic E-state index is 13.5. The van der Waals surface area contributed by atoms with E-state index in [0.29, 0.717) is 0 Å². The Morgan fingerprint density at radius 2 is 1.84 bits per heavy atom. The molecule has 4 unspecified atom stereocenters. The molecule has 0 N–H and O–H groups in total. The highest BCUT2D eigenvalue weighted by molar-refractivity contribution is 6.24. The summed E-state index contributed by atoms with van der Waals surface area (Å²) in [6.07, 6.45) is 0.439. The average molecular weight is 446 g/mol. The van der Waals surface area contributed by atoms with Crippen LogP contribution in [-0.2, 0) is 33.4 Å². The third-order valence-corrected chi connectivity index (χ3v) is 5.61. The second-order valence-electron chi connectivity index (χ2n) is 7.47. The van der Waals surface area contributed by atoms with E-state index in [9.17, 15) is 29.3 Å². The van der Waals surface area contributed by atoms with Gasteiger partial charge in [-0.15, -0.1) is 0 Å². The molecule has 2 saturated heterocycles. The summed E-state index contributed by atoms with van der Waals surface area (Å²) in [5.74, 6) is -5.20. The minimum absolute atomic E-state index is 0.172. The fourth-order valence-electron chi connectivity index (χ4n) is 4.42. The molecular weight excluding hydrogens is 428 g/mol. The van der Waals surface area contributed by atoms with Crippen LogP contribution in [-0.4, -0.2) is 53.8 Å². The van der Waals surface area contributed by atoms with Crippen molar-refractivity contribution in [1.82, 2.24) is 0 Å². The maximum absolute atomic E-state index is 13.5. The summed E-state index contributed by atoms with van der Waals surface area (Å²) < 4.78 is 21.1. The van der Waals surface area contributed by atoms with Crippen molar-refractivity contribution in [2.24, 2.45) is 11.8 Å². The molecule has 32 heavy (non-hydrogen) atoms. The molecule has 3 aliphatic heterocycles. The van der Waals surface area contributed by atoms with Gasteiger partial charge in [0.2, 0.25) is 11.8 Å². The first-order valence-corrected chi connectivity index (χ1v) is 9.52. The summed E-state index contributed by atoms with van der Waals surface area (Å²) in [6.45, 7) is 2.18. The number of hydrogen-bond acceptors (Lipinski definition) is 10. The first-order valence-electron chi connectivity index (χ1n) is 9.52. The number of fused-ring (bicyclic) bond motifs is 5. The Hall–Kier alpha value is -3.80. The predicted octanol–water partition coefficient (Wildman–Crippen LogP) is 0.869. The summed E-state index contributed by atoms with van der Waals surface area (Å²) >= 11 is 0. The van der Waals surface area contributed by atoms with E-state index in [4.69, 9.17) is 18.9 Å². The molecule has 0 aliphatic carbocycles. The largest absolute Gasteiger partial charge is 0.496 e. The van der Waals surface area contributed by atoms with E-state index in [1.54, 1.807) is 0 Å². The molecule has 12 heteroatoms. The molecule has 2 bridgehead atoms. The Labute approximate surface area is 180 Å². The van der Waals surface area contributed by atoms with Crippen LogP contribution in [0.5, 0.6) is 5.75 Å². The standard InChI is InChI=1S/C20H18N2O10/c1-9(23)30-19(31-10(2)24)20-7-6-14(32-20)15-16(20)18(26)21(17(15)25)12-5-4-11(29-3)8-13(12)22(27)28/h4-8,14-16,19H,1-3H3. The Bertz CT molecular complexity index is 1070. The molecule has 4 atom stereocenters. The number of amides is 2. The topological polar surface area (TPSA) is 152 Å². The predicted molar refractivity (Wildman–Crippen MR) is 103 cm³/mol. The van der Waals surface area contributed by atoms with Gasteiger partial charge in [0.05, 0.1) is 36.0 Å². The highest BCUT2D eigenvalue weighted by Gasteiger charge is 2.72. The van der Waals surface area contributed by atoms with Gasteiger partial charge in [0.15, 0.2) is 5.60 Å². The zero-order valence-corrected chi connectivity index (χ0v) is 17.2. The summed E-state index contributed by atoms with van der Waals surface area (Å²) in [6, 6.07) is 3.73. The normalized spacial score (nSPS) is 27.6. The number of nitro groups is 1. The molecule has 0 radical (unpaired) electrons. The van der Waals surface area contributed by atoms with Crippen LogP contribution >= 0.6 is 0 Å². The van der Waals surface area contributed by atoms with Crippen molar-refractivity contribution >= 4 is 35.1 Å². The van der Waals surface area contributed by atoms with Gasteiger partial charge in [-0.1, -0.05) is 6.08 Å².